The van der Waals surface area contributed by atoms with Crippen LogP contribution in [0.15, 0.2) is 12.7 Å². The van der Waals surface area contributed by atoms with E-state index < -0.39 is 51.4 Å². The molecule has 1 amide bonds. The predicted molar refractivity (Wildman–Crippen MR) is 73.6 cm³/mol. The Hall–Kier alpha value is -1.80. The number of carbonyl (C=O) groups excluding carboxylic acids is 2. The van der Waals surface area contributed by atoms with E-state index in [1.54, 1.807) is 5.32 Å². The molecule has 0 saturated heterocycles. The Morgan fingerprint density at radius 1 is 1.15 bits per heavy atom. The summed E-state index contributed by atoms with van der Waals surface area (Å²) in [6, 6.07) is 0. The highest BCUT2D eigenvalue weighted by atomic mass is 32.2. The molecule has 0 aliphatic heterocycles. The first-order valence-electron chi connectivity index (χ1n) is 6.51. The molecule has 1 atom stereocenters. The summed E-state index contributed by atoms with van der Waals surface area (Å²) in [7, 11) is -6.43. The fraction of sp³-hybridized carbons (Fsp3) is 0.667. The highest BCUT2D eigenvalue weighted by Gasteiger charge is 2.67. The third kappa shape index (κ3) is 5.88. The molecule has 26 heavy (non-hydrogen) atoms. The zero-order valence-corrected chi connectivity index (χ0v) is 14.5. The number of nitrogens with one attached hydrogen (secondary N) is 1. The molecule has 0 aliphatic rings. The van der Waals surface area contributed by atoms with Crippen molar-refractivity contribution in [3.63, 3.8) is 0 Å². The lowest BCUT2D eigenvalue weighted by Crippen LogP contribution is -2.64. The second kappa shape index (κ2) is 7.44. The van der Waals surface area contributed by atoms with Crippen molar-refractivity contribution in [1.82, 2.24) is 5.32 Å². The van der Waals surface area contributed by atoms with Crippen molar-refractivity contribution in [2.75, 3.05) is 6.61 Å². The molecule has 0 radical (unpaired) electrons. The molecule has 152 valence electrons. The number of carbonyl (C=O) groups is 2. The second-order valence-electron chi connectivity index (χ2n) is 5.82. The predicted octanol–water partition coefficient (Wildman–Crippen LogP) is 1.04. The third-order valence-corrected chi connectivity index (χ3v) is 3.23. The van der Waals surface area contributed by atoms with Crippen molar-refractivity contribution in [2.24, 2.45) is 0 Å². The van der Waals surface area contributed by atoms with Crippen LogP contribution in [0.2, 0.25) is 0 Å². The van der Waals surface area contributed by atoms with E-state index in [-0.39, 0.29) is 6.08 Å². The SMILES string of the molecule is C=CC(=O)OC(OCC(F)(F)S(=O)(=O)[O-])(C(=O)NC(C)(C)C)C(F)(F)F. The van der Waals surface area contributed by atoms with Crippen molar-refractivity contribution < 1.29 is 54.0 Å². The first-order chi connectivity index (χ1) is 11.3. The van der Waals surface area contributed by atoms with Crippen LogP contribution in [0.4, 0.5) is 22.0 Å². The van der Waals surface area contributed by atoms with E-state index in [4.69, 9.17) is 0 Å². The van der Waals surface area contributed by atoms with Gasteiger partial charge in [0.05, 0.1) is 0 Å². The van der Waals surface area contributed by atoms with Crippen LogP contribution in [-0.4, -0.2) is 54.2 Å². The maximum Gasteiger partial charge on any atom is 0.466 e. The molecule has 0 rings (SSSR count). The molecule has 1 N–H and O–H groups in total. The molecule has 0 saturated carbocycles. The highest BCUT2D eigenvalue weighted by Crippen LogP contribution is 2.38. The molecule has 0 heterocycles. The van der Waals surface area contributed by atoms with Crippen LogP contribution in [0, 0.1) is 0 Å². The lowest BCUT2D eigenvalue weighted by atomic mass is 10.1. The summed E-state index contributed by atoms with van der Waals surface area (Å²) < 4.78 is 105. The molecule has 0 bridgehead atoms. The molecule has 0 aliphatic carbocycles. The average Bonchev–Trinajstić information content (AvgIpc) is 2.38. The number of esters is 1. The van der Waals surface area contributed by atoms with Gasteiger partial charge in [-0.1, -0.05) is 6.58 Å². The zero-order valence-electron chi connectivity index (χ0n) is 13.6. The Kier molecular flexibility index (Phi) is 6.93. The summed E-state index contributed by atoms with van der Waals surface area (Å²) in [5.41, 5.74) is -1.37. The van der Waals surface area contributed by atoms with Crippen LogP contribution in [0.5, 0.6) is 0 Å². The van der Waals surface area contributed by atoms with Gasteiger partial charge in [0.2, 0.25) is 0 Å². The minimum Gasteiger partial charge on any atom is -0.743 e. The van der Waals surface area contributed by atoms with Crippen LogP contribution in [0.25, 0.3) is 0 Å². The van der Waals surface area contributed by atoms with Gasteiger partial charge in [0.15, 0.2) is 10.1 Å². The maximum atomic E-state index is 13.4. The van der Waals surface area contributed by atoms with Crippen molar-refractivity contribution in [2.45, 2.75) is 43.5 Å². The normalized spacial score (nSPS) is 15.7. The van der Waals surface area contributed by atoms with Gasteiger partial charge in [0.25, 0.3) is 0 Å². The van der Waals surface area contributed by atoms with Crippen LogP contribution in [0.3, 0.4) is 0 Å². The van der Waals surface area contributed by atoms with Gasteiger partial charge in [-0.05, 0) is 20.8 Å². The Morgan fingerprint density at radius 2 is 1.62 bits per heavy atom. The van der Waals surface area contributed by atoms with E-state index in [0.29, 0.717) is 0 Å². The van der Waals surface area contributed by atoms with E-state index in [1.807, 2.05) is 0 Å². The smallest absolute Gasteiger partial charge is 0.466 e. The molecular weight excluding hydrogens is 397 g/mol. The summed E-state index contributed by atoms with van der Waals surface area (Å²) in [5, 5.41) is -3.64. The van der Waals surface area contributed by atoms with Crippen molar-refractivity contribution in [1.29, 1.82) is 0 Å². The zero-order chi connectivity index (χ0) is 21.2. The van der Waals surface area contributed by atoms with Gasteiger partial charge in [-0.2, -0.15) is 22.0 Å². The summed E-state index contributed by atoms with van der Waals surface area (Å²) in [5.74, 6) is -8.77. The Balaban J connectivity index is 6.16. The first-order valence-corrected chi connectivity index (χ1v) is 7.92. The number of alkyl halides is 5. The topological polar surface area (TPSA) is 122 Å². The molecule has 0 aromatic carbocycles. The summed E-state index contributed by atoms with van der Waals surface area (Å²) in [6.07, 6.45) is -5.75. The molecule has 0 spiro atoms. The second-order valence-corrected chi connectivity index (χ2v) is 7.33. The molecular formula is C12H15F5NO7S-. The summed E-state index contributed by atoms with van der Waals surface area (Å²) in [4.78, 5) is 23.2. The highest BCUT2D eigenvalue weighted by molar-refractivity contribution is 7.86. The van der Waals surface area contributed by atoms with Crippen LogP contribution < -0.4 is 5.32 Å². The van der Waals surface area contributed by atoms with E-state index in [0.717, 1.165) is 0 Å². The van der Waals surface area contributed by atoms with Gasteiger partial charge >= 0.3 is 29.1 Å². The minimum absolute atomic E-state index is 0.177. The fourth-order valence-corrected chi connectivity index (χ4v) is 1.48. The van der Waals surface area contributed by atoms with Gasteiger partial charge in [0, 0.05) is 11.6 Å². The summed E-state index contributed by atoms with van der Waals surface area (Å²) in [6.45, 7) is 3.70. The van der Waals surface area contributed by atoms with E-state index in [1.165, 1.54) is 20.8 Å². The molecule has 14 heteroatoms. The van der Waals surface area contributed by atoms with Crippen LogP contribution in [0.1, 0.15) is 20.8 Å². The maximum absolute atomic E-state index is 13.4. The quantitative estimate of drug-likeness (QED) is 0.218. The van der Waals surface area contributed by atoms with Gasteiger partial charge < -0.3 is 19.3 Å². The monoisotopic (exact) mass is 412 g/mol. The number of halogens is 5. The number of rotatable bonds is 7. The molecule has 8 nitrogen and oxygen atoms in total. The van der Waals surface area contributed by atoms with Gasteiger partial charge in [0.1, 0.15) is 6.61 Å². The van der Waals surface area contributed by atoms with Gasteiger partial charge in [-0.3, -0.25) is 4.79 Å². The number of hydrogen-bond donors (Lipinski definition) is 1. The number of hydrogen-bond acceptors (Lipinski definition) is 7. The van der Waals surface area contributed by atoms with E-state index >= 15 is 0 Å². The largest absolute Gasteiger partial charge is 0.743 e. The minimum atomic E-state index is -6.43. The molecule has 0 aromatic rings. The molecule has 0 aromatic heterocycles. The van der Waals surface area contributed by atoms with E-state index in [9.17, 15) is 44.5 Å². The van der Waals surface area contributed by atoms with Crippen LogP contribution >= 0.6 is 0 Å². The Bertz CT molecular complexity index is 668. The number of amides is 1. The van der Waals surface area contributed by atoms with Crippen molar-refractivity contribution in [3.05, 3.63) is 12.7 Å². The standard InChI is InChI=1S/C12H16F5NO7S/c1-5-7(19)25-11(12(15,16)17,8(20)18-9(2,3)4)24-6-10(13,14)26(21,22)23/h5H,1,6H2,2-4H3,(H,18,20)(H,21,22,23)/p-1. The Morgan fingerprint density at radius 3 is 1.92 bits per heavy atom. The van der Waals surface area contributed by atoms with Crippen molar-refractivity contribution >= 4 is 22.0 Å². The summed E-state index contributed by atoms with van der Waals surface area (Å²) >= 11 is 0. The Labute approximate surface area is 145 Å². The third-order valence-electron chi connectivity index (χ3n) is 2.38. The molecule has 1 unspecified atom stereocenters. The lowest BCUT2D eigenvalue weighted by molar-refractivity contribution is -0.352. The van der Waals surface area contributed by atoms with E-state index in [2.05, 4.69) is 16.1 Å². The van der Waals surface area contributed by atoms with Gasteiger partial charge in [-0.25, -0.2) is 13.2 Å². The number of ether oxygens (including phenoxy) is 2. The van der Waals surface area contributed by atoms with Crippen LogP contribution in [-0.2, 0) is 29.2 Å². The first kappa shape index (κ1) is 24.2. The van der Waals surface area contributed by atoms with Gasteiger partial charge in [-0.15, -0.1) is 0 Å². The lowest BCUT2D eigenvalue weighted by Gasteiger charge is -2.36. The van der Waals surface area contributed by atoms with Crippen molar-refractivity contribution in [3.8, 4) is 0 Å². The fourth-order valence-electron chi connectivity index (χ4n) is 1.27. The average molecular weight is 412 g/mol. The molecule has 0 fully saturated rings.